The fraction of sp³-hybridized carbons (Fsp3) is 0.474. The van der Waals surface area contributed by atoms with Gasteiger partial charge in [0.25, 0.3) is 5.91 Å². The van der Waals surface area contributed by atoms with Crippen molar-refractivity contribution in [2.24, 2.45) is 10.8 Å². The summed E-state index contributed by atoms with van der Waals surface area (Å²) in [4.78, 5) is 31.0. The van der Waals surface area contributed by atoms with Gasteiger partial charge in [-0.2, -0.15) is 5.26 Å². The molecule has 6 nitrogen and oxygen atoms in total. The molecule has 1 fully saturated rings. The van der Waals surface area contributed by atoms with Gasteiger partial charge in [0.05, 0.1) is 18.9 Å². The minimum atomic E-state index is -0.611. The van der Waals surface area contributed by atoms with Crippen LogP contribution in [0.5, 0.6) is 5.75 Å². The summed E-state index contributed by atoms with van der Waals surface area (Å²) in [5.41, 5.74) is -0.504. The number of halogens is 1. The smallest absolute Gasteiger partial charge is 0.272 e. The molecule has 2 heterocycles. The highest BCUT2D eigenvalue weighted by atomic mass is 35.5. The molecule has 7 heteroatoms. The Hall–Kier alpha value is -2.39. The molecule has 0 bridgehead atoms. The Kier molecular flexibility index (Phi) is 4.53. The predicted octanol–water partition coefficient (Wildman–Crippen LogP) is 3.02. The lowest BCUT2D eigenvalue weighted by Gasteiger charge is -2.38. The van der Waals surface area contributed by atoms with Gasteiger partial charge in [-0.25, -0.2) is 4.98 Å². The van der Waals surface area contributed by atoms with Gasteiger partial charge in [-0.15, -0.1) is 0 Å². The topological polar surface area (TPSA) is 83.3 Å². The molecule has 1 amide bonds. The Morgan fingerprint density at radius 3 is 2.85 bits per heavy atom. The molecule has 0 radical (unpaired) electrons. The molecule has 1 aliphatic heterocycles. The lowest BCUT2D eigenvalue weighted by Crippen LogP contribution is -2.40. The molecule has 3 rings (SSSR count). The quantitative estimate of drug-likeness (QED) is 0.795. The maximum absolute atomic E-state index is 12.8. The average Bonchev–Trinajstić information content (AvgIpc) is 3.01. The van der Waals surface area contributed by atoms with Crippen LogP contribution in [0.15, 0.2) is 23.9 Å². The number of carbonyl (C=O) groups excluding carboxylic acids is 2. The fourth-order valence-corrected chi connectivity index (χ4v) is 4.20. The van der Waals surface area contributed by atoms with Crippen molar-refractivity contribution < 1.29 is 14.3 Å². The normalized spacial score (nSPS) is 24.3. The van der Waals surface area contributed by atoms with Crippen molar-refractivity contribution in [3.8, 4) is 11.8 Å². The van der Waals surface area contributed by atoms with Gasteiger partial charge in [0.1, 0.15) is 22.5 Å². The number of methoxy groups -OCH3 is 1. The number of likely N-dealkylation sites (tertiary alicyclic amines) is 1. The van der Waals surface area contributed by atoms with Gasteiger partial charge >= 0.3 is 0 Å². The van der Waals surface area contributed by atoms with Gasteiger partial charge in [0.15, 0.2) is 5.78 Å². The minimum Gasteiger partial charge on any atom is -0.495 e. The molecule has 1 atom stereocenters. The Bertz CT molecular complexity index is 856. The van der Waals surface area contributed by atoms with Crippen molar-refractivity contribution in [2.45, 2.75) is 26.7 Å². The summed E-state index contributed by atoms with van der Waals surface area (Å²) in [7, 11) is 1.48. The second-order valence-electron chi connectivity index (χ2n) is 7.60. The van der Waals surface area contributed by atoms with E-state index < -0.39 is 5.41 Å². The Balaban J connectivity index is 1.86. The van der Waals surface area contributed by atoms with Gasteiger partial charge in [0.2, 0.25) is 0 Å². The van der Waals surface area contributed by atoms with Crippen LogP contribution in [0.1, 0.15) is 37.2 Å². The van der Waals surface area contributed by atoms with E-state index in [9.17, 15) is 14.9 Å². The summed E-state index contributed by atoms with van der Waals surface area (Å²) in [6.45, 7) is 4.72. The summed E-state index contributed by atoms with van der Waals surface area (Å²) >= 11 is 5.97. The van der Waals surface area contributed by atoms with Crippen LogP contribution >= 0.6 is 11.6 Å². The van der Waals surface area contributed by atoms with E-state index in [-0.39, 0.29) is 28.4 Å². The number of ketones is 1. The van der Waals surface area contributed by atoms with Crippen LogP contribution < -0.4 is 4.74 Å². The number of nitrogens with zero attached hydrogens (tertiary/aromatic N) is 3. The van der Waals surface area contributed by atoms with E-state index in [1.807, 2.05) is 19.9 Å². The maximum atomic E-state index is 12.8. The molecule has 1 spiro atoms. The summed E-state index contributed by atoms with van der Waals surface area (Å²) in [6, 6.07) is 3.55. The fourth-order valence-electron chi connectivity index (χ4n) is 4.02. The number of amides is 1. The highest BCUT2D eigenvalue weighted by Gasteiger charge is 2.49. The Morgan fingerprint density at radius 1 is 1.46 bits per heavy atom. The number of rotatable bonds is 2. The van der Waals surface area contributed by atoms with Gasteiger partial charge in [-0.1, -0.05) is 31.5 Å². The standard InChI is InChI=1S/C19H20ClN3O3/c1-18(2)10-19(7-12(8-21)16(18)24)4-5-23(11-19)17(25)14-6-15(26-3)13(20)9-22-14/h6-7,9H,4-5,10-11H2,1-3H3. The van der Waals surface area contributed by atoms with Crippen molar-refractivity contribution in [1.82, 2.24) is 9.88 Å². The number of ether oxygens (including phenoxy) is 1. The van der Waals surface area contributed by atoms with Crippen LogP contribution in [0.4, 0.5) is 0 Å². The van der Waals surface area contributed by atoms with E-state index in [0.29, 0.717) is 36.7 Å². The monoisotopic (exact) mass is 373 g/mol. The van der Waals surface area contributed by atoms with Crippen molar-refractivity contribution in [2.75, 3.05) is 20.2 Å². The minimum absolute atomic E-state index is 0.125. The molecule has 1 saturated heterocycles. The summed E-state index contributed by atoms with van der Waals surface area (Å²) < 4.78 is 5.15. The van der Waals surface area contributed by atoms with Gasteiger partial charge in [-0.05, 0) is 12.8 Å². The van der Waals surface area contributed by atoms with Crippen LogP contribution in [0.25, 0.3) is 0 Å². The molecule has 0 aromatic carbocycles. The van der Waals surface area contributed by atoms with Crippen LogP contribution in [-0.2, 0) is 4.79 Å². The van der Waals surface area contributed by atoms with Crippen molar-refractivity contribution in [3.05, 3.63) is 34.6 Å². The molecule has 136 valence electrons. The Labute approximate surface area is 157 Å². The molecule has 0 saturated carbocycles. The molecule has 2 aliphatic rings. The number of hydrogen-bond acceptors (Lipinski definition) is 5. The molecule has 1 aromatic rings. The number of pyridine rings is 1. The maximum Gasteiger partial charge on any atom is 0.272 e. The van der Waals surface area contributed by atoms with Crippen LogP contribution in [0.2, 0.25) is 5.02 Å². The SMILES string of the molecule is COc1cc(C(=O)N2CCC3(C=C(C#N)C(=O)C(C)(C)C3)C2)ncc1Cl. The second-order valence-corrected chi connectivity index (χ2v) is 8.01. The first-order valence-electron chi connectivity index (χ1n) is 8.38. The highest BCUT2D eigenvalue weighted by molar-refractivity contribution is 6.32. The summed E-state index contributed by atoms with van der Waals surface area (Å²) in [5, 5.41) is 9.66. The van der Waals surface area contributed by atoms with Crippen LogP contribution in [0, 0.1) is 22.2 Å². The number of carbonyl (C=O) groups is 2. The van der Waals surface area contributed by atoms with E-state index in [1.54, 1.807) is 11.0 Å². The predicted molar refractivity (Wildman–Crippen MR) is 95.9 cm³/mol. The zero-order valence-electron chi connectivity index (χ0n) is 15.0. The number of Topliss-reactive ketones (excluding diaryl/α,β-unsaturated/α-hetero) is 1. The lowest BCUT2D eigenvalue weighted by molar-refractivity contribution is -0.125. The third-order valence-electron chi connectivity index (χ3n) is 5.16. The van der Waals surface area contributed by atoms with Gasteiger partial charge in [-0.3, -0.25) is 9.59 Å². The first kappa shape index (κ1) is 18.4. The van der Waals surface area contributed by atoms with E-state index >= 15 is 0 Å². The van der Waals surface area contributed by atoms with E-state index in [4.69, 9.17) is 16.3 Å². The van der Waals surface area contributed by atoms with Crippen LogP contribution in [0.3, 0.4) is 0 Å². The molecular weight excluding hydrogens is 354 g/mol. The molecular formula is C19H20ClN3O3. The van der Waals surface area contributed by atoms with E-state index in [0.717, 1.165) is 0 Å². The first-order chi connectivity index (χ1) is 12.2. The number of hydrogen-bond donors (Lipinski definition) is 0. The number of nitriles is 1. The highest BCUT2D eigenvalue weighted by Crippen LogP contribution is 2.48. The summed E-state index contributed by atoms with van der Waals surface area (Å²) in [5.74, 6) is 0.0629. The first-order valence-corrected chi connectivity index (χ1v) is 8.76. The molecule has 0 N–H and O–H groups in total. The van der Waals surface area contributed by atoms with E-state index in [2.05, 4.69) is 4.98 Å². The van der Waals surface area contributed by atoms with Crippen LogP contribution in [-0.4, -0.2) is 41.8 Å². The lowest BCUT2D eigenvalue weighted by atomic mass is 9.64. The van der Waals surface area contributed by atoms with E-state index in [1.165, 1.54) is 19.4 Å². The van der Waals surface area contributed by atoms with Gasteiger partial charge in [0, 0.05) is 30.0 Å². The van der Waals surface area contributed by atoms with Gasteiger partial charge < -0.3 is 9.64 Å². The molecule has 1 unspecified atom stereocenters. The molecule has 1 aliphatic carbocycles. The molecule has 1 aromatic heterocycles. The van der Waals surface area contributed by atoms with Crippen molar-refractivity contribution in [1.29, 1.82) is 5.26 Å². The number of aromatic nitrogens is 1. The third-order valence-corrected chi connectivity index (χ3v) is 5.44. The largest absolute Gasteiger partial charge is 0.495 e. The number of allylic oxidation sites excluding steroid dienone is 1. The third kappa shape index (κ3) is 3.08. The Morgan fingerprint density at radius 2 is 2.19 bits per heavy atom. The molecule has 26 heavy (non-hydrogen) atoms. The second kappa shape index (κ2) is 6.40. The van der Waals surface area contributed by atoms with Crippen molar-refractivity contribution in [3.63, 3.8) is 0 Å². The van der Waals surface area contributed by atoms with Crippen molar-refractivity contribution >= 4 is 23.3 Å². The summed E-state index contributed by atoms with van der Waals surface area (Å²) in [6.07, 6.45) is 4.50. The average molecular weight is 374 g/mol. The zero-order valence-corrected chi connectivity index (χ0v) is 15.8. The zero-order chi connectivity index (χ0) is 19.1.